The minimum absolute atomic E-state index is 0.139. The standard InChI is InChI=1S/C16H16FN3O/c1-4-14-13(7-8-19(14)2)16(21)20(3)15-6-5-12(17)9-11(15)10-18/h5-9H,4H2,1-3H3. The molecule has 1 aromatic carbocycles. The monoisotopic (exact) mass is 285 g/mol. The van der Waals surface area contributed by atoms with Crippen LogP contribution < -0.4 is 4.90 Å². The molecule has 0 bridgehead atoms. The molecule has 2 rings (SSSR count). The molecule has 0 aliphatic rings. The molecule has 0 unspecified atom stereocenters. The van der Waals surface area contributed by atoms with Crippen molar-refractivity contribution in [3.63, 3.8) is 0 Å². The Labute approximate surface area is 123 Å². The Bertz CT molecular complexity index is 728. The van der Waals surface area contributed by atoms with Gasteiger partial charge in [-0.25, -0.2) is 4.39 Å². The van der Waals surface area contributed by atoms with Gasteiger partial charge in [-0.15, -0.1) is 0 Å². The first-order valence-electron chi connectivity index (χ1n) is 6.61. The lowest BCUT2D eigenvalue weighted by Crippen LogP contribution is -2.27. The number of benzene rings is 1. The quantitative estimate of drug-likeness (QED) is 0.870. The van der Waals surface area contributed by atoms with Crippen molar-refractivity contribution in [1.82, 2.24) is 4.57 Å². The fraction of sp³-hybridized carbons (Fsp3) is 0.250. The average Bonchev–Trinajstić information content (AvgIpc) is 2.86. The minimum atomic E-state index is -0.495. The molecule has 1 amide bonds. The molecule has 0 spiro atoms. The first-order chi connectivity index (χ1) is 9.99. The molecule has 1 aromatic heterocycles. The van der Waals surface area contributed by atoms with Crippen molar-refractivity contribution in [2.45, 2.75) is 13.3 Å². The third kappa shape index (κ3) is 2.65. The lowest BCUT2D eigenvalue weighted by molar-refractivity contribution is 0.0992. The molecular formula is C16H16FN3O. The Morgan fingerprint density at radius 1 is 1.43 bits per heavy atom. The Morgan fingerprint density at radius 3 is 2.76 bits per heavy atom. The Hall–Kier alpha value is -2.61. The molecule has 0 atom stereocenters. The highest BCUT2D eigenvalue weighted by Gasteiger charge is 2.20. The first-order valence-corrected chi connectivity index (χ1v) is 6.61. The summed E-state index contributed by atoms with van der Waals surface area (Å²) >= 11 is 0. The van der Waals surface area contributed by atoms with Crippen molar-refractivity contribution in [3.05, 3.63) is 53.1 Å². The zero-order chi connectivity index (χ0) is 15.6. The number of anilines is 1. The van der Waals surface area contributed by atoms with E-state index in [1.54, 1.807) is 13.1 Å². The van der Waals surface area contributed by atoms with Crippen molar-refractivity contribution in [2.75, 3.05) is 11.9 Å². The second-order valence-corrected chi connectivity index (χ2v) is 4.78. The van der Waals surface area contributed by atoms with E-state index in [0.29, 0.717) is 11.3 Å². The van der Waals surface area contributed by atoms with E-state index in [1.807, 2.05) is 30.8 Å². The van der Waals surface area contributed by atoms with Crippen molar-refractivity contribution in [3.8, 4) is 6.07 Å². The molecule has 0 saturated heterocycles. The third-order valence-corrected chi connectivity index (χ3v) is 3.51. The molecule has 0 aliphatic carbocycles. The summed E-state index contributed by atoms with van der Waals surface area (Å²) < 4.78 is 15.1. The van der Waals surface area contributed by atoms with Gasteiger partial charge in [0.25, 0.3) is 5.91 Å². The summed E-state index contributed by atoms with van der Waals surface area (Å²) in [6, 6.07) is 7.49. The summed E-state index contributed by atoms with van der Waals surface area (Å²) in [5, 5.41) is 9.09. The highest BCUT2D eigenvalue weighted by atomic mass is 19.1. The van der Waals surface area contributed by atoms with E-state index >= 15 is 0 Å². The fourth-order valence-electron chi connectivity index (χ4n) is 2.38. The predicted molar refractivity (Wildman–Crippen MR) is 78.6 cm³/mol. The van der Waals surface area contributed by atoms with Crippen LogP contribution in [0.2, 0.25) is 0 Å². The molecule has 0 radical (unpaired) electrons. The number of amides is 1. The first kappa shape index (κ1) is 14.8. The van der Waals surface area contributed by atoms with Gasteiger partial charge in [0.1, 0.15) is 11.9 Å². The zero-order valence-corrected chi connectivity index (χ0v) is 12.2. The minimum Gasteiger partial charge on any atom is -0.354 e. The second-order valence-electron chi connectivity index (χ2n) is 4.78. The van der Waals surface area contributed by atoms with Gasteiger partial charge >= 0.3 is 0 Å². The lowest BCUT2D eigenvalue weighted by Gasteiger charge is -2.19. The molecule has 1 heterocycles. The second kappa shape index (κ2) is 5.80. The van der Waals surface area contributed by atoms with E-state index in [-0.39, 0.29) is 11.5 Å². The van der Waals surface area contributed by atoms with Crippen molar-refractivity contribution < 1.29 is 9.18 Å². The van der Waals surface area contributed by atoms with Crippen molar-refractivity contribution in [1.29, 1.82) is 5.26 Å². The smallest absolute Gasteiger partial charge is 0.259 e. The van der Waals surface area contributed by atoms with E-state index in [0.717, 1.165) is 18.2 Å². The van der Waals surface area contributed by atoms with Gasteiger partial charge in [-0.1, -0.05) is 6.92 Å². The van der Waals surface area contributed by atoms with E-state index in [1.165, 1.54) is 17.0 Å². The number of nitriles is 1. The predicted octanol–water partition coefficient (Wildman–Crippen LogP) is 2.87. The maximum absolute atomic E-state index is 13.2. The van der Waals surface area contributed by atoms with E-state index in [4.69, 9.17) is 5.26 Å². The van der Waals surface area contributed by atoms with E-state index in [9.17, 15) is 9.18 Å². The molecule has 4 nitrogen and oxygen atoms in total. The van der Waals surface area contributed by atoms with Gasteiger partial charge in [-0.3, -0.25) is 4.79 Å². The number of carbonyl (C=O) groups excluding carboxylic acids is 1. The largest absolute Gasteiger partial charge is 0.354 e. The van der Waals surface area contributed by atoms with Crippen LogP contribution in [0.25, 0.3) is 0 Å². The van der Waals surface area contributed by atoms with Gasteiger partial charge in [-0.05, 0) is 30.7 Å². The molecular weight excluding hydrogens is 269 g/mol. The number of aromatic nitrogens is 1. The number of nitrogens with zero attached hydrogens (tertiary/aromatic N) is 3. The molecule has 5 heteroatoms. The zero-order valence-electron chi connectivity index (χ0n) is 12.2. The van der Waals surface area contributed by atoms with Crippen LogP contribution in [0.5, 0.6) is 0 Å². The molecule has 0 N–H and O–H groups in total. The lowest BCUT2D eigenvalue weighted by atomic mass is 10.1. The number of carbonyl (C=O) groups is 1. The highest BCUT2D eigenvalue weighted by molar-refractivity contribution is 6.07. The van der Waals surface area contributed by atoms with Gasteiger partial charge in [0.2, 0.25) is 0 Å². The van der Waals surface area contributed by atoms with Crippen LogP contribution in [0.4, 0.5) is 10.1 Å². The maximum Gasteiger partial charge on any atom is 0.259 e. The molecule has 0 fully saturated rings. The topological polar surface area (TPSA) is 49.0 Å². The van der Waals surface area contributed by atoms with E-state index < -0.39 is 5.82 Å². The van der Waals surface area contributed by atoms with Crippen LogP contribution in [0.1, 0.15) is 28.5 Å². The maximum atomic E-state index is 13.2. The summed E-state index contributed by atoms with van der Waals surface area (Å²) in [5.74, 6) is -0.708. The number of aryl methyl sites for hydroxylation is 1. The summed E-state index contributed by atoms with van der Waals surface area (Å²) in [6.07, 6.45) is 2.56. The van der Waals surface area contributed by atoms with Crippen LogP contribution in [-0.4, -0.2) is 17.5 Å². The van der Waals surface area contributed by atoms with Crippen LogP contribution in [0.3, 0.4) is 0 Å². The summed E-state index contributed by atoms with van der Waals surface area (Å²) in [5.41, 5.74) is 2.05. The summed E-state index contributed by atoms with van der Waals surface area (Å²) in [4.78, 5) is 14.0. The summed E-state index contributed by atoms with van der Waals surface area (Å²) in [6.45, 7) is 1.98. The number of halogens is 1. The molecule has 21 heavy (non-hydrogen) atoms. The van der Waals surface area contributed by atoms with Crippen molar-refractivity contribution in [2.24, 2.45) is 7.05 Å². The average molecular weight is 285 g/mol. The van der Waals surface area contributed by atoms with Crippen LogP contribution in [0.15, 0.2) is 30.5 Å². The van der Waals surface area contributed by atoms with Crippen LogP contribution >= 0.6 is 0 Å². The van der Waals surface area contributed by atoms with Gasteiger partial charge in [0.05, 0.1) is 16.8 Å². The molecule has 0 aliphatic heterocycles. The van der Waals surface area contributed by atoms with Crippen LogP contribution in [0, 0.1) is 17.1 Å². The Balaban J connectivity index is 2.42. The number of hydrogen-bond donors (Lipinski definition) is 0. The molecule has 2 aromatic rings. The van der Waals surface area contributed by atoms with Crippen molar-refractivity contribution >= 4 is 11.6 Å². The fourth-order valence-corrected chi connectivity index (χ4v) is 2.38. The third-order valence-electron chi connectivity index (χ3n) is 3.51. The van der Waals surface area contributed by atoms with E-state index in [2.05, 4.69) is 0 Å². The van der Waals surface area contributed by atoms with Gasteiger partial charge in [0.15, 0.2) is 0 Å². The molecule has 108 valence electrons. The normalized spacial score (nSPS) is 10.2. The van der Waals surface area contributed by atoms with Gasteiger partial charge in [-0.2, -0.15) is 5.26 Å². The summed E-state index contributed by atoms with van der Waals surface area (Å²) in [7, 11) is 3.47. The Morgan fingerprint density at radius 2 is 2.14 bits per heavy atom. The Kier molecular flexibility index (Phi) is 4.08. The SMILES string of the molecule is CCc1c(C(=O)N(C)c2ccc(F)cc2C#N)ccn1C. The van der Waals surface area contributed by atoms with Gasteiger partial charge in [0, 0.05) is 26.0 Å². The number of rotatable bonds is 3. The molecule has 0 saturated carbocycles. The highest BCUT2D eigenvalue weighted by Crippen LogP contribution is 2.23. The van der Waals surface area contributed by atoms with Gasteiger partial charge < -0.3 is 9.47 Å². The number of hydrogen-bond acceptors (Lipinski definition) is 2. The van der Waals surface area contributed by atoms with Crippen LogP contribution in [-0.2, 0) is 13.5 Å².